The standard InChI is InChI=1S/C24H24N4O2/c1-16-21(13-18-7-5-4-6-8-18)17(2)28-23(27-16)22(15-26-28)24(29)25-14-19-9-11-20(30-3)12-10-19/h4-12,15H,13-14H2,1-3H3,(H,25,29). The van der Waals surface area contributed by atoms with E-state index in [1.165, 1.54) is 5.56 Å². The third-order valence-corrected chi connectivity index (χ3v) is 5.29. The number of amides is 1. The average molecular weight is 400 g/mol. The first kappa shape index (κ1) is 19.6. The molecule has 4 aromatic rings. The Hall–Kier alpha value is -3.67. The zero-order chi connectivity index (χ0) is 21.1. The molecule has 30 heavy (non-hydrogen) atoms. The number of carbonyl (C=O) groups excluding carboxylic acids is 1. The minimum Gasteiger partial charge on any atom is -0.497 e. The number of aromatic nitrogens is 3. The monoisotopic (exact) mass is 400 g/mol. The lowest BCUT2D eigenvalue weighted by atomic mass is 10.0. The molecule has 0 bridgehead atoms. The summed E-state index contributed by atoms with van der Waals surface area (Å²) in [5, 5.41) is 7.39. The Morgan fingerprint density at radius 2 is 1.77 bits per heavy atom. The third-order valence-electron chi connectivity index (χ3n) is 5.29. The summed E-state index contributed by atoms with van der Waals surface area (Å²) in [6.45, 7) is 4.42. The Morgan fingerprint density at radius 1 is 1.03 bits per heavy atom. The Kier molecular flexibility index (Phi) is 5.48. The van der Waals surface area contributed by atoms with Crippen molar-refractivity contribution < 1.29 is 9.53 Å². The molecule has 152 valence electrons. The van der Waals surface area contributed by atoms with Crippen LogP contribution in [0.2, 0.25) is 0 Å². The van der Waals surface area contributed by atoms with Gasteiger partial charge in [0, 0.05) is 24.4 Å². The van der Waals surface area contributed by atoms with Crippen molar-refractivity contribution in [1.82, 2.24) is 19.9 Å². The third kappa shape index (κ3) is 3.89. The molecule has 2 aromatic heterocycles. The van der Waals surface area contributed by atoms with Crippen molar-refractivity contribution in [2.24, 2.45) is 0 Å². The zero-order valence-electron chi connectivity index (χ0n) is 17.3. The maximum atomic E-state index is 12.8. The van der Waals surface area contributed by atoms with E-state index in [0.29, 0.717) is 17.8 Å². The van der Waals surface area contributed by atoms with Gasteiger partial charge in [0.15, 0.2) is 5.65 Å². The molecule has 6 nitrogen and oxygen atoms in total. The normalized spacial score (nSPS) is 10.9. The van der Waals surface area contributed by atoms with Crippen LogP contribution < -0.4 is 10.1 Å². The van der Waals surface area contributed by atoms with Gasteiger partial charge in [-0.15, -0.1) is 0 Å². The van der Waals surface area contributed by atoms with Crippen molar-refractivity contribution in [3.05, 3.63) is 94.4 Å². The first-order chi connectivity index (χ1) is 14.6. The van der Waals surface area contributed by atoms with Gasteiger partial charge in [-0.2, -0.15) is 5.10 Å². The largest absolute Gasteiger partial charge is 0.497 e. The molecule has 1 N–H and O–H groups in total. The first-order valence-electron chi connectivity index (χ1n) is 9.85. The van der Waals surface area contributed by atoms with E-state index in [9.17, 15) is 4.79 Å². The summed E-state index contributed by atoms with van der Waals surface area (Å²) in [5.74, 6) is 0.595. The van der Waals surface area contributed by atoms with E-state index in [1.54, 1.807) is 17.8 Å². The lowest BCUT2D eigenvalue weighted by Crippen LogP contribution is -2.23. The number of benzene rings is 2. The predicted molar refractivity (Wildman–Crippen MR) is 116 cm³/mol. The van der Waals surface area contributed by atoms with Crippen molar-refractivity contribution in [3.63, 3.8) is 0 Å². The number of nitrogens with zero attached hydrogens (tertiary/aromatic N) is 3. The van der Waals surface area contributed by atoms with Crippen LogP contribution in [0.4, 0.5) is 0 Å². The van der Waals surface area contributed by atoms with Crippen LogP contribution in [0.25, 0.3) is 5.65 Å². The van der Waals surface area contributed by atoms with E-state index in [1.807, 2.05) is 56.3 Å². The van der Waals surface area contributed by atoms with Crippen molar-refractivity contribution in [1.29, 1.82) is 0 Å². The first-order valence-corrected chi connectivity index (χ1v) is 9.85. The van der Waals surface area contributed by atoms with Crippen molar-refractivity contribution in [2.45, 2.75) is 26.8 Å². The van der Waals surface area contributed by atoms with E-state index in [0.717, 1.165) is 34.7 Å². The number of rotatable bonds is 6. The van der Waals surface area contributed by atoms with Crippen LogP contribution in [-0.4, -0.2) is 27.6 Å². The molecule has 0 saturated carbocycles. The summed E-state index contributed by atoms with van der Waals surface area (Å²) < 4.78 is 6.92. The van der Waals surface area contributed by atoms with Crippen LogP contribution in [0.1, 0.15) is 38.4 Å². The Balaban J connectivity index is 1.57. The number of methoxy groups -OCH3 is 1. The molecular weight excluding hydrogens is 376 g/mol. The van der Waals surface area contributed by atoms with E-state index in [2.05, 4.69) is 22.5 Å². The fraction of sp³-hybridized carbons (Fsp3) is 0.208. The predicted octanol–water partition coefficient (Wildman–Crippen LogP) is 3.88. The highest BCUT2D eigenvalue weighted by Gasteiger charge is 2.18. The minimum absolute atomic E-state index is 0.192. The number of carbonyl (C=O) groups is 1. The van der Waals surface area contributed by atoms with Crippen molar-refractivity contribution in [3.8, 4) is 5.75 Å². The van der Waals surface area contributed by atoms with Gasteiger partial charge in [-0.3, -0.25) is 4.79 Å². The van der Waals surface area contributed by atoms with Gasteiger partial charge in [-0.1, -0.05) is 42.5 Å². The van der Waals surface area contributed by atoms with Crippen LogP contribution in [0.5, 0.6) is 5.75 Å². The van der Waals surface area contributed by atoms with Gasteiger partial charge in [0.2, 0.25) is 0 Å². The fourth-order valence-electron chi connectivity index (χ4n) is 3.55. The summed E-state index contributed by atoms with van der Waals surface area (Å²) in [7, 11) is 1.63. The van der Waals surface area contributed by atoms with Gasteiger partial charge in [0.1, 0.15) is 11.3 Å². The maximum absolute atomic E-state index is 12.8. The molecule has 0 atom stereocenters. The number of ether oxygens (including phenoxy) is 1. The van der Waals surface area contributed by atoms with E-state index in [4.69, 9.17) is 9.72 Å². The lowest BCUT2D eigenvalue weighted by Gasteiger charge is -2.12. The number of fused-ring (bicyclic) bond motifs is 1. The molecule has 0 radical (unpaired) electrons. The van der Waals surface area contributed by atoms with Crippen LogP contribution in [0.15, 0.2) is 60.8 Å². The molecule has 0 spiro atoms. The molecule has 0 aliphatic rings. The van der Waals surface area contributed by atoms with E-state index in [-0.39, 0.29) is 5.91 Å². The van der Waals surface area contributed by atoms with Crippen LogP contribution in [0.3, 0.4) is 0 Å². The maximum Gasteiger partial charge on any atom is 0.257 e. The molecule has 0 fully saturated rings. The van der Waals surface area contributed by atoms with Crippen molar-refractivity contribution in [2.75, 3.05) is 7.11 Å². The highest BCUT2D eigenvalue weighted by Crippen LogP contribution is 2.20. The summed E-state index contributed by atoms with van der Waals surface area (Å²) in [6, 6.07) is 17.9. The molecule has 0 unspecified atom stereocenters. The molecular formula is C24H24N4O2. The molecule has 4 rings (SSSR count). The van der Waals surface area contributed by atoms with Gasteiger partial charge in [0.25, 0.3) is 5.91 Å². The van der Waals surface area contributed by atoms with Gasteiger partial charge >= 0.3 is 0 Å². The number of hydrogen-bond donors (Lipinski definition) is 1. The molecule has 2 aromatic carbocycles. The van der Waals surface area contributed by atoms with E-state index < -0.39 is 0 Å². The second-order valence-electron chi connectivity index (χ2n) is 7.25. The second-order valence-corrected chi connectivity index (χ2v) is 7.25. The second kappa shape index (κ2) is 8.37. The average Bonchev–Trinajstić information content (AvgIpc) is 3.20. The van der Waals surface area contributed by atoms with Crippen LogP contribution >= 0.6 is 0 Å². The summed E-state index contributed by atoms with van der Waals surface area (Å²) in [4.78, 5) is 17.5. The van der Waals surface area contributed by atoms with Gasteiger partial charge in [-0.05, 0) is 42.7 Å². The molecule has 6 heteroatoms. The summed E-state index contributed by atoms with van der Waals surface area (Å²) in [6.07, 6.45) is 2.37. The lowest BCUT2D eigenvalue weighted by molar-refractivity contribution is 0.0952. The topological polar surface area (TPSA) is 68.5 Å². The zero-order valence-corrected chi connectivity index (χ0v) is 17.3. The molecule has 0 aliphatic heterocycles. The SMILES string of the molecule is COc1ccc(CNC(=O)c2cnn3c(C)c(Cc4ccccc4)c(C)nc23)cc1. The quantitative estimate of drug-likeness (QED) is 0.533. The fourth-order valence-corrected chi connectivity index (χ4v) is 3.55. The van der Waals surface area contributed by atoms with E-state index >= 15 is 0 Å². The van der Waals surface area contributed by atoms with Gasteiger partial charge in [0.05, 0.1) is 13.3 Å². The Morgan fingerprint density at radius 3 is 2.47 bits per heavy atom. The summed E-state index contributed by atoms with van der Waals surface area (Å²) >= 11 is 0. The molecule has 2 heterocycles. The molecule has 0 saturated heterocycles. The number of hydrogen-bond acceptors (Lipinski definition) is 4. The van der Waals surface area contributed by atoms with Crippen LogP contribution in [0, 0.1) is 13.8 Å². The number of nitrogens with one attached hydrogen (secondary N) is 1. The molecule has 0 aliphatic carbocycles. The number of aryl methyl sites for hydroxylation is 2. The Labute approximate surface area is 175 Å². The smallest absolute Gasteiger partial charge is 0.257 e. The highest BCUT2D eigenvalue weighted by atomic mass is 16.5. The summed E-state index contributed by atoms with van der Waals surface area (Å²) in [5.41, 5.74) is 6.29. The highest BCUT2D eigenvalue weighted by molar-refractivity contribution is 5.99. The molecule has 1 amide bonds. The Bertz CT molecular complexity index is 1180. The van der Waals surface area contributed by atoms with Gasteiger partial charge in [-0.25, -0.2) is 9.50 Å². The van der Waals surface area contributed by atoms with Crippen LogP contribution in [-0.2, 0) is 13.0 Å². The minimum atomic E-state index is -0.192. The van der Waals surface area contributed by atoms with Gasteiger partial charge < -0.3 is 10.1 Å². The van der Waals surface area contributed by atoms with Crippen molar-refractivity contribution >= 4 is 11.6 Å².